The van der Waals surface area contributed by atoms with Crippen LogP contribution in [0.2, 0.25) is 0 Å². The Hall–Kier alpha value is -1.85. The largest absolute Gasteiger partial charge is 0.480 e. The Balaban J connectivity index is 1.91. The van der Waals surface area contributed by atoms with Crippen molar-refractivity contribution in [3.8, 4) is 0 Å². The minimum absolute atomic E-state index is 0.0576. The smallest absolute Gasteiger partial charge is 0.329 e. The standard InChI is InChI=1S/C9H11N3O3/c13-7(6-12-5-1-4-10-12)11-9(2-3-9)8(14)15/h1,4-5H,2-3,6H2,(H,11,13)(H,14,15). The summed E-state index contributed by atoms with van der Waals surface area (Å²) in [6, 6.07) is 1.71. The normalized spacial score (nSPS) is 17.1. The summed E-state index contributed by atoms with van der Waals surface area (Å²) < 4.78 is 1.45. The van der Waals surface area contributed by atoms with Crippen molar-refractivity contribution in [3.05, 3.63) is 18.5 Å². The van der Waals surface area contributed by atoms with Gasteiger partial charge < -0.3 is 10.4 Å². The molecule has 1 saturated carbocycles. The lowest BCUT2D eigenvalue weighted by molar-refractivity contribution is -0.143. The lowest BCUT2D eigenvalue weighted by Crippen LogP contribution is -2.44. The number of carboxylic acid groups (broad SMARTS) is 1. The summed E-state index contributed by atoms with van der Waals surface area (Å²) >= 11 is 0. The number of carbonyl (C=O) groups is 2. The van der Waals surface area contributed by atoms with E-state index in [0.717, 1.165) is 0 Å². The van der Waals surface area contributed by atoms with Crippen LogP contribution in [0, 0.1) is 0 Å². The van der Waals surface area contributed by atoms with Crippen LogP contribution >= 0.6 is 0 Å². The Morgan fingerprint density at radius 2 is 2.27 bits per heavy atom. The molecule has 1 aromatic rings. The molecule has 1 fully saturated rings. The predicted molar refractivity (Wildman–Crippen MR) is 50.0 cm³/mol. The average Bonchev–Trinajstić information content (AvgIpc) is 2.75. The molecule has 1 amide bonds. The first-order chi connectivity index (χ1) is 7.12. The highest BCUT2D eigenvalue weighted by atomic mass is 16.4. The van der Waals surface area contributed by atoms with Crippen LogP contribution in [0.25, 0.3) is 0 Å². The molecule has 0 aromatic carbocycles. The van der Waals surface area contributed by atoms with Crippen LogP contribution in [0.1, 0.15) is 12.8 Å². The Morgan fingerprint density at radius 1 is 1.53 bits per heavy atom. The fraction of sp³-hybridized carbons (Fsp3) is 0.444. The van der Waals surface area contributed by atoms with Crippen molar-refractivity contribution in [2.45, 2.75) is 24.9 Å². The van der Waals surface area contributed by atoms with E-state index in [4.69, 9.17) is 5.11 Å². The van der Waals surface area contributed by atoms with E-state index in [-0.39, 0.29) is 12.5 Å². The van der Waals surface area contributed by atoms with Gasteiger partial charge in [0.15, 0.2) is 0 Å². The molecule has 0 atom stereocenters. The summed E-state index contributed by atoms with van der Waals surface area (Å²) in [6.45, 7) is 0.0576. The van der Waals surface area contributed by atoms with E-state index in [2.05, 4.69) is 10.4 Å². The second-order valence-corrected chi connectivity index (χ2v) is 3.64. The first kappa shape index (κ1) is 9.70. The van der Waals surface area contributed by atoms with Gasteiger partial charge in [-0.15, -0.1) is 0 Å². The van der Waals surface area contributed by atoms with Crippen molar-refractivity contribution in [1.29, 1.82) is 0 Å². The van der Waals surface area contributed by atoms with Gasteiger partial charge in [-0.25, -0.2) is 4.79 Å². The molecule has 0 unspecified atom stereocenters. The number of nitrogens with zero attached hydrogens (tertiary/aromatic N) is 2. The molecule has 1 aliphatic carbocycles. The number of hydrogen-bond donors (Lipinski definition) is 2. The van der Waals surface area contributed by atoms with Crippen molar-refractivity contribution in [3.63, 3.8) is 0 Å². The van der Waals surface area contributed by atoms with E-state index in [1.807, 2.05) is 0 Å². The van der Waals surface area contributed by atoms with Crippen LogP contribution in [0.5, 0.6) is 0 Å². The van der Waals surface area contributed by atoms with E-state index in [1.165, 1.54) is 4.68 Å². The van der Waals surface area contributed by atoms with E-state index < -0.39 is 11.5 Å². The number of nitrogens with one attached hydrogen (secondary N) is 1. The number of carbonyl (C=O) groups excluding carboxylic acids is 1. The number of aromatic nitrogens is 2. The molecule has 0 spiro atoms. The molecule has 6 nitrogen and oxygen atoms in total. The molecular formula is C9H11N3O3. The third-order valence-corrected chi connectivity index (χ3v) is 2.40. The Labute approximate surface area is 85.9 Å². The number of hydrogen-bond acceptors (Lipinski definition) is 3. The minimum atomic E-state index is -1.01. The average molecular weight is 209 g/mol. The van der Waals surface area contributed by atoms with Gasteiger partial charge in [0.1, 0.15) is 12.1 Å². The third kappa shape index (κ3) is 1.98. The summed E-state index contributed by atoms with van der Waals surface area (Å²) in [6.07, 6.45) is 4.23. The molecule has 15 heavy (non-hydrogen) atoms. The van der Waals surface area contributed by atoms with Crippen molar-refractivity contribution < 1.29 is 14.7 Å². The van der Waals surface area contributed by atoms with Gasteiger partial charge in [0.05, 0.1) is 0 Å². The molecule has 0 saturated heterocycles. The summed E-state index contributed by atoms with van der Waals surface area (Å²) in [5, 5.41) is 15.2. The second kappa shape index (κ2) is 3.38. The van der Waals surface area contributed by atoms with Crippen LogP contribution in [-0.4, -0.2) is 32.3 Å². The number of aliphatic carboxylic acids is 1. The van der Waals surface area contributed by atoms with Gasteiger partial charge in [-0.2, -0.15) is 5.10 Å². The first-order valence-electron chi connectivity index (χ1n) is 4.64. The van der Waals surface area contributed by atoms with Gasteiger partial charge in [0, 0.05) is 12.4 Å². The zero-order chi connectivity index (χ0) is 10.9. The quantitative estimate of drug-likeness (QED) is 0.707. The summed E-state index contributed by atoms with van der Waals surface area (Å²) in [4.78, 5) is 22.2. The van der Waals surface area contributed by atoms with Gasteiger partial charge in [-0.3, -0.25) is 9.48 Å². The van der Waals surface area contributed by atoms with Crippen molar-refractivity contribution in [2.24, 2.45) is 0 Å². The molecule has 0 radical (unpaired) electrons. The van der Waals surface area contributed by atoms with E-state index >= 15 is 0 Å². The van der Waals surface area contributed by atoms with Crippen LogP contribution in [0.15, 0.2) is 18.5 Å². The number of amides is 1. The number of rotatable bonds is 4. The Kier molecular flexibility index (Phi) is 2.18. The molecule has 0 bridgehead atoms. The highest BCUT2D eigenvalue weighted by Gasteiger charge is 2.51. The molecule has 80 valence electrons. The van der Waals surface area contributed by atoms with Crippen LogP contribution in [0.4, 0.5) is 0 Å². The topological polar surface area (TPSA) is 84.2 Å². The van der Waals surface area contributed by atoms with Crippen molar-refractivity contribution in [2.75, 3.05) is 0 Å². The highest BCUT2D eigenvalue weighted by molar-refractivity contribution is 5.89. The molecule has 2 N–H and O–H groups in total. The Bertz CT molecular complexity index is 381. The number of carboxylic acids is 1. The maximum atomic E-state index is 11.4. The van der Waals surface area contributed by atoms with Crippen LogP contribution in [0.3, 0.4) is 0 Å². The molecule has 6 heteroatoms. The molecule has 1 heterocycles. The molecule has 0 aliphatic heterocycles. The maximum absolute atomic E-state index is 11.4. The minimum Gasteiger partial charge on any atom is -0.480 e. The summed E-state index contributed by atoms with van der Waals surface area (Å²) in [7, 11) is 0. The van der Waals surface area contributed by atoms with Gasteiger partial charge in [0.25, 0.3) is 0 Å². The van der Waals surface area contributed by atoms with Gasteiger partial charge in [-0.05, 0) is 18.9 Å². The van der Waals surface area contributed by atoms with Gasteiger partial charge >= 0.3 is 5.97 Å². The fourth-order valence-corrected chi connectivity index (χ4v) is 1.36. The summed E-state index contributed by atoms with van der Waals surface area (Å²) in [5.41, 5.74) is -1.01. The van der Waals surface area contributed by atoms with Crippen LogP contribution < -0.4 is 5.32 Å². The van der Waals surface area contributed by atoms with Gasteiger partial charge in [0.2, 0.25) is 5.91 Å². The molecule has 1 aromatic heterocycles. The van der Waals surface area contributed by atoms with Crippen molar-refractivity contribution >= 4 is 11.9 Å². The molecule has 1 aliphatic rings. The highest BCUT2D eigenvalue weighted by Crippen LogP contribution is 2.35. The van der Waals surface area contributed by atoms with E-state index in [0.29, 0.717) is 12.8 Å². The molecule has 2 rings (SSSR count). The molecular weight excluding hydrogens is 198 g/mol. The zero-order valence-electron chi connectivity index (χ0n) is 8.01. The SMILES string of the molecule is O=C(Cn1cccn1)NC1(C(=O)O)CC1. The monoisotopic (exact) mass is 209 g/mol. The zero-order valence-corrected chi connectivity index (χ0v) is 8.01. The summed E-state index contributed by atoms with van der Waals surface area (Å²) in [5.74, 6) is -1.28. The lowest BCUT2D eigenvalue weighted by Gasteiger charge is -2.11. The fourth-order valence-electron chi connectivity index (χ4n) is 1.36. The van der Waals surface area contributed by atoms with Crippen LogP contribution in [-0.2, 0) is 16.1 Å². The van der Waals surface area contributed by atoms with Gasteiger partial charge in [-0.1, -0.05) is 0 Å². The lowest BCUT2D eigenvalue weighted by atomic mass is 10.3. The van der Waals surface area contributed by atoms with Crippen molar-refractivity contribution in [1.82, 2.24) is 15.1 Å². The maximum Gasteiger partial charge on any atom is 0.329 e. The Morgan fingerprint density at radius 3 is 2.73 bits per heavy atom. The van der Waals surface area contributed by atoms with E-state index in [9.17, 15) is 9.59 Å². The second-order valence-electron chi connectivity index (χ2n) is 3.64. The first-order valence-corrected chi connectivity index (χ1v) is 4.64. The third-order valence-electron chi connectivity index (χ3n) is 2.40. The predicted octanol–water partition coefficient (Wildman–Crippen LogP) is -0.383. The van der Waals surface area contributed by atoms with E-state index in [1.54, 1.807) is 18.5 Å².